The van der Waals surface area contributed by atoms with E-state index in [4.69, 9.17) is 14.9 Å². The third-order valence-corrected chi connectivity index (χ3v) is 5.22. The van der Waals surface area contributed by atoms with Gasteiger partial charge >= 0.3 is 12.1 Å². The number of rotatable bonds is 4. The number of nitrogens with zero attached hydrogens (tertiary/aromatic N) is 3. The molecule has 1 aliphatic heterocycles. The topological polar surface area (TPSA) is 85.8 Å². The van der Waals surface area contributed by atoms with Crippen molar-refractivity contribution in [1.29, 1.82) is 0 Å². The largest absolute Gasteiger partial charge is 0.490 e. The number of amides is 1. The number of pyridine rings is 1. The molecule has 7 nitrogen and oxygen atoms in total. The molecule has 1 fully saturated rings. The number of carbonyl (C=O) groups excluding carboxylic acids is 1. The molecule has 1 aromatic carbocycles. The van der Waals surface area contributed by atoms with Gasteiger partial charge in [0.05, 0.1) is 0 Å². The molecule has 0 atom stereocenters. The van der Waals surface area contributed by atoms with Crippen molar-refractivity contribution in [3.05, 3.63) is 42.1 Å². The van der Waals surface area contributed by atoms with Crippen LogP contribution in [0.2, 0.25) is 0 Å². The normalized spacial score (nSPS) is 14.5. The fourth-order valence-electron chi connectivity index (χ4n) is 3.42. The first kappa shape index (κ1) is 26.1. The van der Waals surface area contributed by atoms with Crippen LogP contribution in [0.4, 0.5) is 24.7 Å². The number of carboxylic acid groups (broad SMARTS) is 1. The van der Waals surface area contributed by atoms with E-state index in [0.717, 1.165) is 48.8 Å². The van der Waals surface area contributed by atoms with E-state index in [0.29, 0.717) is 6.04 Å². The van der Waals surface area contributed by atoms with Crippen LogP contribution in [0.25, 0.3) is 11.1 Å². The number of anilines is 2. The first-order valence-corrected chi connectivity index (χ1v) is 10.5. The van der Waals surface area contributed by atoms with Gasteiger partial charge in [-0.3, -0.25) is 9.69 Å². The van der Waals surface area contributed by atoms with E-state index in [1.54, 1.807) is 0 Å². The standard InChI is InChI=1S/C21H28N4O.C2HF3O2/c1-15(2)24-9-11-25(12-10-24)21-13-16(3)20(14-22-21)18-5-7-19(8-6-18)23-17(4)26;3-2(4,5)1(6)7/h5-8,13-15H,9-12H2,1-4H3,(H,23,26);(H,6,7). The van der Waals surface area contributed by atoms with Crippen LogP contribution < -0.4 is 10.2 Å². The minimum atomic E-state index is -5.08. The molecule has 0 radical (unpaired) electrons. The van der Waals surface area contributed by atoms with Crippen LogP contribution in [0.3, 0.4) is 0 Å². The van der Waals surface area contributed by atoms with Crippen LogP contribution >= 0.6 is 0 Å². The zero-order valence-corrected chi connectivity index (χ0v) is 19.1. The molecule has 0 aliphatic carbocycles. The number of benzene rings is 1. The molecule has 0 spiro atoms. The van der Waals surface area contributed by atoms with Crippen molar-refractivity contribution in [2.75, 3.05) is 36.4 Å². The highest BCUT2D eigenvalue weighted by molar-refractivity contribution is 5.89. The van der Waals surface area contributed by atoms with Gasteiger partial charge in [0.1, 0.15) is 5.82 Å². The Kier molecular flexibility index (Phi) is 8.81. The van der Waals surface area contributed by atoms with Crippen LogP contribution in [0, 0.1) is 6.92 Å². The maximum Gasteiger partial charge on any atom is 0.490 e. The van der Waals surface area contributed by atoms with E-state index in [9.17, 15) is 18.0 Å². The lowest BCUT2D eigenvalue weighted by Crippen LogP contribution is -2.49. The summed E-state index contributed by atoms with van der Waals surface area (Å²) in [5, 5.41) is 9.92. The number of nitrogens with one attached hydrogen (secondary N) is 1. The van der Waals surface area contributed by atoms with Crippen molar-refractivity contribution in [2.24, 2.45) is 0 Å². The number of aliphatic carboxylic acids is 1. The fourth-order valence-corrected chi connectivity index (χ4v) is 3.42. The molecule has 33 heavy (non-hydrogen) atoms. The van der Waals surface area contributed by atoms with Gasteiger partial charge in [0, 0.05) is 56.6 Å². The molecular weight excluding hydrogens is 437 g/mol. The van der Waals surface area contributed by atoms with Crippen molar-refractivity contribution < 1.29 is 27.9 Å². The number of aromatic nitrogens is 1. The number of aryl methyl sites for hydroxylation is 1. The number of hydrogen-bond acceptors (Lipinski definition) is 5. The number of alkyl halides is 3. The molecule has 1 aliphatic rings. The van der Waals surface area contributed by atoms with Crippen LogP contribution in [-0.4, -0.2) is 65.3 Å². The fraction of sp³-hybridized carbons (Fsp3) is 0.435. The first-order chi connectivity index (χ1) is 15.4. The summed E-state index contributed by atoms with van der Waals surface area (Å²) in [4.78, 5) is 29.6. The number of carboxylic acids is 1. The minimum Gasteiger partial charge on any atom is -0.475 e. The average Bonchev–Trinajstić information content (AvgIpc) is 2.74. The van der Waals surface area contributed by atoms with Gasteiger partial charge in [0.15, 0.2) is 0 Å². The Morgan fingerprint density at radius 1 is 1.09 bits per heavy atom. The maximum absolute atomic E-state index is 11.1. The molecule has 10 heteroatoms. The zero-order valence-electron chi connectivity index (χ0n) is 19.1. The number of carbonyl (C=O) groups is 2. The molecular formula is C23H29F3N4O3. The van der Waals surface area contributed by atoms with Crippen molar-refractivity contribution in [1.82, 2.24) is 9.88 Å². The van der Waals surface area contributed by atoms with Gasteiger partial charge in [0.25, 0.3) is 0 Å². The van der Waals surface area contributed by atoms with Gasteiger partial charge in [-0.2, -0.15) is 13.2 Å². The molecule has 1 aromatic heterocycles. The van der Waals surface area contributed by atoms with E-state index in [1.807, 2.05) is 30.5 Å². The highest BCUT2D eigenvalue weighted by atomic mass is 19.4. The summed E-state index contributed by atoms with van der Waals surface area (Å²) in [5.41, 5.74) is 4.27. The molecule has 2 N–H and O–H groups in total. The van der Waals surface area contributed by atoms with Gasteiger partial charge in [-0.25, -0.2) is 9.78 Å². The van der Waals surface area contributed by atoms with Gasteiger partial charge in [0.2, 0.25) is 5.91 Å². The molecule has 0 saturated carbocycles. The predicted octanol–water partition coefficient (Wildman–Crippen LogP) is 4.18. The van der Waals surface area contributed by atoms with Crippen LogP contribution in [0.1, 0.15) is 26.3 Å². The lowest BCUT2D eigenvalue weighted by Gasteiger charge is -2.37. The summed E-state index contributed by atoms with van der Waals surface area (Å²) in [6, 6.07) is 10.7. The van der Waals surface area contributed by atoms with Crippen molar-refractivity contribution in [3.63, 3.8) is 0 Å². The highest BCUT2D eigenvalue weighted by Gasteiger charge is 2.38. The Balaban J connectivity index is 0.000000479. The molecule has 0 unspecified atom stereocenters. The van der Waals surface area contributed by atoms with Gasteiger partial charge in [-0.15, -0.1) is 0 Å². The van der Waals surface area contributed by atoms with Crippen LogP contribution in [0.5, 0.6) is 0 Å². The highest BCUT2D eigenvalue weighted by Crippen LogP contribution is 2.27. The molecule has 2 aromatic rings. The van der Waals surface area contributed by atoms with Crippen LogP contribution in [-0.2, 0) is 9.59 Å². The third kappa shape index (κ3) is 7.74. The smallest absolute Gasteiger partial charge is 0.475 e. The van der Waals surface area contributed by atoms with E-state index in [1.165, 1.54) is 12.5 Å². The Labute approximate surface area is 191 Å². The monoisotopic (exact) mass is 466 g/mol. The molecule has 1 saturated heterocycles. The van der Waals surface area contributed by atoms with Gasteiger partial charge in [-0.05, 0) is 50.1 Å². The molecule has 1 amide bonds. The first-order valence-electron chi connectivity index (χ1n) is 10.5. The summed E-state index contributed by atoms with van der Waals surface area (Å²) in [6.07, 6.45) is -3.12. The average molecular weight is 467 g/mol. The Bertz CT molecular complexity index is 954. The second-order valence-electron chi connectivity index (χ2n) is 8.04. The third-order valence-electron chi connectivity index (χ3n) is 5.22. The lowest BCUT2D eigenvalue weighted by atomic mass is 10.0. The summed E-state index contributed by atoms with van der Waals surface area (Å²) in [5.74, 6) is -1.76. The molecule has 2 heterocycles. The maximum atomic E-state index is 11.1. The molecule has 0 bridgehead atoms. The van der Waals surface area contributed by atoms with E-state index < -0.39 is 12.1 Å². The molecule has 3 rings (SSSR count). The van der Waals surface area contributed by atoms with E-state index >= 15 is 0 Å². The number of hydrogen-bond donors (Lipinski definition) is 2. The number of halogens is 3. The second kappa shape index (κ2) is 11.1. The quantitative estimate of drug-likeness (QED) is 0.703. The van der Waals surface area contributed by atoms with Crippen LogP contribution in [0.15, 0.2) is 36.5 Å². The van der Waals surface area contributed by atoms with Gasteiger partial charge in [-0.1, -0.05) is 12.1 Å². The summed E-state index contributed by atoms with van der Waals surface area (Å²) >= 11 is 0. The van der Waals surface area contributed by atoms with Crippen molar-refractivity contribution in [3.8, 4) is 11.1 Å². The SMILES string of the molecule is CC(=O)Nc1ccc(-c2cnc(N3CCN(C(C)C)CC3)cc2C)cc1.O=C(O)C(F)(F)F. The summed E-state index contributed by atoms with van der Waals surface area (Å²) < 4.78 is 31.7. The lowest BCUT2D eigenvalue weighted by molar-refractivity contribution is -0.192. The van der Waals surface area contributed by atoms with E-state index in [2.05, 4.69) is 42.0 Å². The summed E-state index contributed by atoms with van der Waals surface area (Å²) in [6.45, 7) is 12.4. The Morgan fingerprint density at radius 2 is 1.64 bits per heavy atom. The Hall–Kier alpha value is -3.14. The van der Waals surface area contributed by atoms with Gasteiger partial charge < -0.3 is 15.3 Å². The second-order valence-corrected chi connectivity index (χ2v) is 8.04. The zero-order chi connectivity index (χ0) is 24.8. The van der Waals surface area contributed by atoms with Crippen molar-refractivity contribution in [2.45, 2.75) is 39.9 Å². The minimum absolute atomic E-state index is 0.0579. The van der Waals surface area contributed by atoms with Crippen molar-refractivity contribution >= 4 is 23.4 Å². The Morgan fingerprint density at radius 3 is 2.06 bits per heavy atom. The van der Waals surface area contributed by atoms with E-state index in [-0.39, 0.29) is 5.91 Å². The number of piperazine rings is 1. The summed E-state index contributed by atoms with van der Waals surface area (Å²) in [7, 11) is 0. The molecule has 180 valence electrons. The predicted molar refractivity (Wildman–Crippen MR) is 121 cm³/mol.